The van der Waals surface area contributed by atoms with Crippen LogP contribution in [0, 0.1) is 6.92 Å². The third-order valence-corrected chi connectivity index (χ3v) is 4.02. The maximum Gasteiger partial charge on any atom is 0.293 e. The van der Waals surface area contributed by atoms with Gasteiger partial charge in [0.15, 0.2) is 0 Å². The number of benzene rings is 2. The van der Waals surface area contributed by atoms with Gasteiger partial charge < -0.3 is 10.4 Å². The van der Waals surface area contributed by atoms with Crippen LogP contribution in [0.3, 0.4) is 0 Å². The van der Waals surface area contributed by atoms with Gasteiger partial charge in [-0.1, -0.05) is 41.4 Å². The van der Waals surface area contributed by atoms with Crippen LogP contribution >= 0.6 is 11.6 Å². The van der Waals surface area contributed by atoms with Crippen LogP contribution in [-0.2, 0) is 9.59 Å². The van der Waals surface area contributed by atoms with Gasteiger partial charge in [0.25, 0.3) is 11.7 Å². The smallest absolute Gasteiger partial charge is 0.293 e. The lowest BCUT2D eigenvalue weighted by molar-refractivity contribution is -0.133. The van der Waals surface area contributed by atoms with Gasteiger partial charge in [0.1, 0.15) is 5.76 Å². The molecule has 0 aromatic heterocycles. The molecule has 1 aliphatic rings. The Bertz CT molecular complexity index is 824. The van der Waals surface area contributed by atoms with Crippen molar-refractivity contribution < 1.29 is 14.7 Å². The molecule has 0 saturated carbocycles. The highest BCUT2D eigenvalue weighted by atomic mass is 35.5. The Balaban J connectivity index is 2.12. The quantitative estimate of drug-likeness (QED) is 0.505. The average molecular weight is 328 g/mol. The molecule has 1 fully saturated rings. The number of carbonyl (C=O) groups excluding carboxylic acids is 2. The molecular formula is C18H14ClNO3. The lowest BCUT2D eigenvalue weighted by Crippen LogP contribution is -2.21. The summed E-state index contributed by atoms with van der Waals surface area (Å²) < 4.78 is 0. The predicted molar refractivity (Wildman–Crippen MR) is 88.1 cm³/mol. The highest BCUT2D eigenvalue weighted by Crippen LogP contribution is 2.33. The Labute approximate surface area is 138 Å². The molecule has 1 aliphatic heterocycles. The molecule has 1 unspecified atom stereocenters. The maximum atomic E-state index is 12.2. The van der Waals surface area contributed by atoms with Crippen molar-refractivity contribution in [2.24, 2.45) is 0 Å². The van der Waals surface area contributed by atoms with Crippen LogP contribution in [0.15, 0.2) is 54.1 Å². The Kier molecular flexibility index (Phi) is 3.92. The fraction of sp³-hybridized carbons (Fsp3) is 0.111. The highest BCUT2D eigenvalue weighted by Gasteiger charge is 2.39. The molecule has 0 aliphatic carbocycles. The molecule has 3 rings (SSSR count). The van der Waals surface area contributed by atoms with Crippen molar-refractivity contribution in [3.63, 3.8) is 0 Å². The molecule has 1 saturated heterocycles. The molecular weight excluding hydrogens is 314 g/mol. The topological polar surface area (TPSA) is 66.4 Å². The van der Waals surface area contributed by atoms with Gasteiger partial charge in [0.05, 0.1) is 11.6 Å². The Morgan fingerprint density at radius 2 is 1.83 bits per heavy atom. The summed E-state index contributed by atoms with van der Waals surface area (Å²) in [5.74, 6) is -1.65. The molecule has 1 amide bonds. The second kappa shape index (κ2) is 5.89. The first-order valence-corrected chi connectivity index (χ1v) is 7.46. The van der Waals surface area contributed by atoms with E-state index >= 15 is 0 Å². The van der Waals surface area contributed by atoms with Gasteiger partial charge in [0.2, 0.25) is 0 Å². The largest absolute Gasteiger partial charge is 0.507 e. The molecule has 0 spiro atoms. The second-order valence-corrected chi connectivity index (χ2v) is 5.86. The van der Waals surface area contributed by atoms with E-state index in [1.807, 2.05) is 31.2 Å². The number of ketones is 1. The zero-order chi connectivity index (χ0) is 16.6. The molecule has 0 radical (unpaired) electrons. The van der Waals surface area contributed by atoms with Crippen LogP contribution < -0.4 is 5.32 Å². The fourth-order valence-corrected chi connectivity index (χ4v) is 2.76. The molecule has 2 aromatic rings. The number of carbonyl (C=O) groups is 2. The van der Waals surface area contributed by atoms with Gasteiger partial charge in [0, 0.05) is 10.6 Å². The summed E-state index contributed by atoms with van der Waals surface area (Å²) in [6, 6.07) is 13.2. The lowest BCUT2D eigenvalue weighted by atomic mass is 9.95. The molecule has 5 heteroatoms. The molecule has 1 heterocycles. The monoisotopic (exact) mass is 327 g/mol. The van der Waals surface area contributed by atoms with Gasteiger partial charge in [-0.15, -0.1) is 0 Å². The van der Waals surface area contributed by atoms with Crippen molar-refractivity contribution in [2.75, 3.05) is 0 Å². The number of halogens is 1. The van der Waals surface area contributed by atoms with Crippen LogP contribution in [0.4, 0.5) is 0 Å². The van der Waals surface area contributed by atoms with E-state index < -0.39 is 17.7 Å². The van der Waals surface area contributed by atoms with Crippen molar-refractivity contribution in [1.29, 1.82) is 0 Å². The summed E-state index contributed by atoms with van der Waals surface area (Å²) in [5.41, 5.74) is 2.25. The van der Waals surface area contributed by atoms with Crippen molar-refractivity contribution >= 4 is 29.1 Å². The first-order chi connectivity index (χ1) is 11.0. The van der Waals surface area contributed by atoms with Gasteiger partial charge in [-0.05, 0) is 36.8 Å². The number of Topliss-reactive ketones (excluding diaryl/α,β-unsaturated/α-hetero) is 1. The van der Waals surface area contributed by atoms with E-state index in [0.29, 0.717) is 10.6 Å². The molecule has 2 aromatic carbocycles. The van der Waals surface area contributed by atoms with E-state index in [0.717, 1.165) is 11.1 Å². The second-order valence-electron chi connectivity index (χ2n) is 5.42. The normalized spacial score (nSPS) is 19.7. The van der Waals surface area contributed by atoms with E-state index in [1.54, 1.807) is 24.3 Å². The van der Waals surface area contributed by atoms with Crippen LogP contribution in [0.1, 0.15) is 22.7 Å². The number of amides is 1. The third-order valence-electron chi connectivity index (χ3n) is 3.76. The fourth-order valence-electron chi connectivity index (χ4n) is 2.63. The summed E-state index contributed by atoms with van der Waals surface area (Å²) in [6.45, 7) is 1.92. The zero-order valence-electron chi connectivity index (χ0n) is 12.3. The summed E-state index contributed by atoms with van der Waals surface area (Å²) in [6.07, 6.45) is 0. The minimum Gasteiger partial charge on any atom is -0.507 e. The van der Waals surface area contributed by atoms with E-state index in [9.17, 15) is 14.7 Å². The number of rotatable bonds is 2. The molecule has 2 N–H and O–H groups in total. The van der Waals surface area contributed by atoms with Gasteiger partial charge >= 0.3 is 0 Å². The van der Waals surface area contributed by atoms with Crippen LogP contribution in [0.5, 0.6) is 0 Å². The van der Waals surface area contributed by atoms with E-state index in [-0.39, 0.29) is 11.3 Å². The van der Waals surface area contributed by atoms with Crippen LogP contribution in [-0.4, -0.2) is 16.8 Å². The summed E-state index contributed by atoms with van der Waals surface area (Å²) in [5, 5.41) is 13.7. The van der Waals surface area contributed by atoms with Gasteiger partial charge in [-0.3, -0.25) is 9.59 Å². The third kappa shape index (κ3) is 2.85. The molecule has 1 atom stereocenters. The maximum absolute atomic E-state index is 12.2. The summed E-state index contributed by atoms with van der Waals surface area (Å²) in [7, 11) is 0. The minimum absolute atomic E-state index is 0.0583. The Morgan fingerprint density at radius 3 is 2.48 bits per heavy atom. The van der Waals surface area contributed by atoms with E-state index in [4.69, 9.17) is 11.6 Å². The zero-order valence-corrected chi connectivity index (χ0v) is 13.1. The van der Waals surface area contributed by atoms with E-state index in [1.165, 1.54) is 0 Å². The highest BCUT2D eigenvalue weighted by molar-refractivity contribution is 6.46. The standard InChI is InChI=1S/C18H14ClNO3/c1-10-3-2-4-12(9-10)15-14(17(22)18(23)20-15)16(21)11-5-7-13(19)8-6-11/h2-9,15,21H,1H3,(H,20,23). The summed E-state index contributed by atoms with van der Waals surface area (Å²) >= 11 is 5.84. The minimum atomic E-state index is -0.719. The first kappa shape index (κ1) is 15.3. The van der Waals surface area contributed by atoms with Crippen LogP contribution in [0.25, 0.3) is 5.76 Å². The number of aliphatic hydroxyl groups excluding tert-OH is 1. The van der Waals surface area contributed by atoms with Crippen molar-refractivity contribution in [3.8, 4) is 0 Å². The van der Waals surface area contributed by atoms with Crippen molar-refractivity contribution in [2.45, 2.75) is 13.0 Å². The SMILES string of the molecule is Cc1cccc(C2NC(=O)C(=O)C2=C(O)c2ccc(Cl)cc2)c1. The van der Waals surface area contributed by atoms with Crippen LogP contribution in [0.2, 0.25) is 5.02 Å². The van der Waals surface area contributed by atoms with E-state index in [2.05, 4.69) is 5.32 Å². The molecule has 4 nitrogen and oxygen atoms in total. The summed E-state index contributed by atoms with van der Waals surface area (Å²) in [4.78, 5) is 24.0. The molecule has 0 bridgehead atoms. The number of hydrogen-bond acceptors (Lipinski definition) is 3. The predicted octanol–water partition coefficient (Wildman–Crippen LogP) is 3.36. The number of nitrogens with one attached hydrogen (secondary N) is 1. The van der Waals surface area contributed by atoms with Crippen molar-refractivity contribution in [3.05, 3.63) is 75.8 Å². The lowest BCUT2D eigenvalue weighted by Gasteiger charge is -2.14. The molecule has 23 heavy (non-hydrogen) atoms. The van der Waals surface area contributed by atoms with Gasteiger partial charge in [-0.25, -0.2) is 0 Å². The number of aryl methyl sites for hydroxylation is 1. The first-order valence-electron chi connectivity index (χ1n) is 7.08. The Morgan fingerprint density at radius 1 is 1.13 bits per heavy atom. The van der Waals surface area contributed by atoms with Gasteiger partial charge in [-0.2, -0.15) is 0 Å². The average Bonchev–Trinajstić information content (AvgIpc) is 2.83. The Hall–Kier alpha value is -2.59. The number of aliphatic hydroxyl groups is 1. The molecule has 116 valence electrons. The van der Waals surface area contributed by atoms with Crippen molar-refractivity contribution in [1.82, 2.24) is 5.32 Å². The number of hydrogen-bond donors (Lipinski definition) is 2.